The average Bonchev–Trinajstić information content (AvgIpc) is 3.04. The summed E-state index contributed by atoms with van der Waals surface area (Å²) < 4.78 is 5.25. The Labute approximate surface area is 147 Å². The van der Waals surface area contributed by atoms with Crippen molar-refractivity contribution in [2.24, 2.45) is 5.41 Å². The second-order valence-corrected chi connectivity index (χ2v) is 6.66. The third-order valence-corrected chi connectivity index (χ3v) is 3.71. The van der Waals surface area contributed by atoms with Crippen molar-refractivity contribution in [3.63, 3.8) is 0 Å². The molecule has 0 bridgehead atoms. The minimum Gasteiger partial charge on any atom is -0.478 e. The van der Waals surface area contributed by atoms with E-state index in [0.717, 1.165) is 0 Å². The van der Waals surface area contributed by atoms with E-state index in [1.165, 1.54) is 17.7 Å². The van der Waals surface area contributed by atoms with E-state index in [4.69, 9.17) is 9.63 Å². The molecule has 0 unspecified atom stereocenters. The van der Waals surface area contributed by atoms with Gasteiger partial charge in [0.05, 0.1) is 5.56 Å². The molecular weight excluding hydrogens is 316 g/mol. The Morgan fingerprint density at radius 2 is 2.00 bits per heavy atom. The van der Waals surface area contributed by atoms with Crippen LogP contribution in [0.25, 0.3) is 17.0 Å². The Morgan fingerprint density at radius 1 is 1.28 bits per heavy atom. The molecule has 0 atom stereocenters. The molecule has 0 amide bonds. The van der Waals surface area contributed by atoms with Crippen LogP contribution in [0.2, 0.25) is 0 Å². The van der Waals surface area contributed by atoms with Crippen LogP contribution in [0.3, 0.4) is 0 Å². The molecule has 0 aliphatic carbocycles. The number of nitrogens with zero attached hydrogens (tertiary/aromatic N) is 2. The predicted octanol–water partition coefficient (Wildman–Crippen LogP) is 5.00. The maximum atomic E-state index is 11.1. The second-order valence-electron chi connectivity index (χ2n) is 6.66. The molecule has 0 aliphatic rings. The molecule has 2 aromatic rings. The average molecular weight is 338 g/mol. The Kier molecular flexibility index (Phi) is 5.37. The van der Waals surface area contributed by atoms with Gasteiger partial charge in [-0.2, -0.15) is 4.98 Å². The fraction of sp³-hybridized carbons (Fsp3) is 0.250. The third kappa shape index (κ3) is 4.53. The zero-order valence-electron chi connectivity index (χ0n) is 14.9. The number of carboxylic acid groups (broad SMARTS) is 1. The van der Waals surface area contributed by atoms with Crippen LogP contribution >= 0.6 is 0 Å². The number of benzene rings is 1. The zero-order chi connectivity index (χ0) is 18.6. The fourth-order valence-corrected chi connectivity index (χ4v) is 2.30. The maximum absolute atomic E-state index is 11.1. The zero-order valence-corrected chi connectivity index (χ0v) is 14.9. The van der Waals surface area contributed by atoms with Crippen LogP contribution in [0, 0.1) is 5.41 Å². The maximum Gasteiger partial charge on any atom is 0.335 e. The van der Waals surface area contributed by atoms with Crippen molar-refractivity contribution in [1.29, 1.82) is 0 Å². The molecule has 5 heteroatoms. The molecule has 1 aromatic carbocycles. The van der Waals surface area contributed by atoms with Gasteiger partial charge in [0, 0.05) is 11.1 Å². The Balaban J connectivity index is 2.22. The lowest BCUT2D eigenvalue weighted by atomic mass is 9.86. The van der Waals surface area contributed by atoms with Crippen molar-refractivity contribution < 1.29 is 14.4 Å². The van der Waals surface area contributed by atoms with Crippen molar-refractivity contribution >= 4 is 11.5 Å². The van der Waals surface area contributed by atoms with Crippen molar-refractivity contribution in [2.75, 3.05) is 0 Å². The first-order chi connectivity index (χ1) is 11.7. The lowest BCUT2D eigenvalue weighted by Crippen LogP contribution is -2.07. The minimum atomic E-state index is -1.00. The molecule has 0 saturated heterocycles. The number of rotatable bonds is 5. The molecule has 0 aliphatic heterocycles. The first-order valence-corrected chi connectivity index (χ1v) is 7.94. The van der Waals surface area contributed by atoms with E-state index in [1.54, 1.807) is 12.1 Å². The van der Waals surface area contributed by atoms with Gasteiger partial charge in [0.25, 0.3) is 5.89 Å². The highest BCUT2D eigenvalue weighted by atomic mass is 16.5. The molecule has 0 spiro atoms. The summed E-state index contributed by atoms with van der Waals surface area (Å²) in [7, 11) is 0. The number of carbonyl (C=O) groups is 1. The normalized spacial score (nSPS) is 12.6. The number of aromatic nitrogens is 2. The quantitative estimate of drug-likeness (QED) is 0.777. The Hall–Kier alpha value is -2.95. The number of hydrogen-bond donors (Lipinski definition) is 1. The molecule has 0 saturated carbocycles. The summed E-state index contributed by atoms with van der Waals surface area (Å²) in [6.45, 7) is 12.4. The molecule has 1 N–H and O–H groups in total. The molecule has 1 heterocycles. The van der Waals surface area contributed by atoms with Gasteiger partial charge in [0.1, 0.15) is 0 Å². The van der Waals surface area contributed by atoms with Crippen LogP contribution in [0.1, 0.15) is 43.9 Å². The summed E-state index contributed by atoms with van der Waals surface area (Å²) in [5.74, 6) is -0.370. The number of hydrogen-bond acceptors (Lipinski definition) is 4. The van der Waals surface area contributed by atoms with Crippen LogP contribution in [0.15, 0.2) is 59.2 Å². The summed E-state index contributed by atoms with van der Waals surface area (Å²) in [5.41, 5.74) is 2.54. The molecule has 5 nitrogen and oxygen atoms in total. The second kappa shape index (κ2) is 7.30. The molecule has 0 fully saturated rings. The lowest BCUT2D eigenvalue weighted by Gasteiger charge is -2.19. The number of allylic oxidation sites excluding steroid dienone is 5. The minimum absolute atomic E-state index is 0.0306. The van der Waals surface area contributed by atoms with Gasteiger partial charge in [-0.15, -0.1) is 0 Å². The van der Waals surface area contributed by atoms with E-state index in [-0.39, 0.29) is 11.0 Å². The molecular formula is C20H22N2O3. The lowest BCUT2D eigenvalue weighted by molar-refractivity contribution is 0.0697. The monoisotopic (exact) mass is 338 g/mol. The van der Waals surface area contributed by atoms with Crippen molar-refractivity contribution in [2.45, 2.75) is 27.7 Å². The van der Waals surface area contributed by atoms with E-state index < -0.39 is 5.97 Å². The number of carboxylic acids is 1. The van der Waals surface area contributed by atoms with Gasteiger partial charge >= 0.3 is 5.97 Å². The SMILES string of the molecule is C=C(/C=C\C(=C/C)C(C)(C)C)c1nc(-c2cccc(C(=O)O)c2)no1. The van der Waals surface area contributed by atoms with Gasteiger partial charge in [-0.3, -0.25) is 0 Å². The van der Waals surface area contributed by atoms with Crippen LogP contribution in [-0.4, -0.2) is 21.2 Å². The van der Waals surface area contributed by atoms with Gasteiger partial charge < -0.3 is 9.63 Å². The first-order valence-electron chi connectivity index (χ1n) is 7.94. The summed E-state index contributed by atoms with van der Waals surface area (Å²) in [4.78, 5) is 15.4. The highest BCUT2D eigenvalue weighted by Crippen LogP contribution is 2.27. The van der Waals surface area contributed by atoms with Crippen molar-refractivity contribution in [3.05, 3.63) is 66.1 Å². The van der Waals surface area contributed by atoms with Gasteiger partial charge in [-0.1, -0.05) is 56.8 Å². The molecule has 1 aromatic heterocycles. The van der Waals surface area contributed by atoms with E-state index in [1.807, 2.05) is 19.1 Å². The van der Waals surface area contributed by atoms with Gasteiger partial charge in [0.15, 0.2) is 0 Å². The molecule has 2 rings (SSSR count). The van der Waals surface area contributed by atoms with Crippen molar-refractivity contribution in [3.8, 4) is 11.4 Å². The smallest absolute Gasteiger partial charge is 0.335 e. The van der Waals surface area contributed by atoms with Crippen LogP contribution < -0.4 is 0 Å². The van der Waals surface area contributed by atoms with E-state index in [9.17, 15) is 4.79 Å². The van der Waals surface area contributed by atoms with Crippen LogP contribution in [0.5, 0.6) is 0 Å². The standard InChI is InChI=1S/C20H22N2O3/c1-6-16(20(3,4)5)11-10-13(2)18-21-17(22-25-18)14-8-7-9-15(12-14)19(23)24/h6-12H,2H2,1,3-5H3,(H,23,24)/b11-10-,16-6+. The molecule has 0 radical (unpaired) electrons. The predicted molar refractivity (Wildman–Crippen MR) is 98.1 cm³/mol. The molecule has 130 valence electrons. The van der Waals surface area contributed by atoms with Gasteiger partial charge in [-0.25, -0.2) is 4.79 Å². The Bertz CT molecular complexity index is 852. The summed E-state index contributed by atoms with van der Waals surface area (Å²) in [6.07, 6.45) is 5.88. The summed E-state index contributed by atoms with van der Waals surface area (Å²) >= 11 is 0. The van der Waals surface area contributed by atoms with E-state index in [0.29, 0.717) is 22.9 Å². The van der Waals surface area contributed by atoms with E-state index in [2.05, 4.69) is 43.6 Å². The van der Waals surface area contributed by atoms with E-state index >= 15 is 0 Å². The highest BCUT2D eigenvalue weighted by Gasteiger charge is 2.15. The van der Waals surface area contributed by atoms with Gasteiger partial charge in [-0.05, 0) is 36.1 Å². The van der Waals surface area contributed by atoms with Crippen LogP contribution in [0.4, 0.5) is 0 Å². The topological polar surface area (TPSA) is 76.2 Å². The summed E-state index contributed by atoms with van der Waals surface area (Å²) in [5, 5.41) is 13.0. The highest BCUT2D eigenvalue weighted by molar-refractivity contribution is 5.89. The largest absolute Gasteiger partial charge is 0.478 e. The third-order valence-electron chi connectivity index (χ3n) is 3.71. The number of aromatic carboxylic acids is 1. The fourth-order valence-electron chi connectivity index (χ4n) is 2.30. The first kappa shape index (κ1) is 18.4. The Morgan fingerprint density at radius 3 is 2.60 bits per heavy atom. The molecule has 25 heavy (non-hydrogen) atoms. The van der Waals surface area contributed by atoms with Gasteiger partial charge in [0.2, 0.25) is 5.82 Å². The summed E-state index contributed by atoms with van der Waals surface area (Å²) in [6, 6.07) is 6.40. The van der Waals surface area contributed by atoms with Crippen LogP contribution in [-0.2, 0) is 0 Å². The van der Waals surface area contributed by atoms with Crippen molar-refractivity contribution in [1.82, 2.24) is 10.1 Å².